The highest BCUT2D eigenvalue weighted by Crippen LogP contribution is 2.25. The van der Waals surface area contributed by atoms with Crippen LogP contribution in [0.25, 0.3) is 16.8 Å². The third kappa shape index (κ3) is 1.16. The van der Waals surface area contributed by atoms with Crippen LogP contribution < -0.4 is 0 Å². The first-order valence-corrected chi connectivity index (χ1v) is 4.02. The molecular weight excluding hydrogens is 162 g/mol. The highest BCUT2D eigenvalue weighted by Gasteiger charge is 2.02. The van der Waals surface area contributed by atoms with Crippen molar-refractivity contribution in [1.82, 2.24) is 4.98 Å². The molecule has 0 bridgehead atoms. The van der Waals surface area contributed by atoms with E-state index in [0.717, 1.165) is 16.5 Å². The van der Waals surface area contributed by atoms with Gasteiger partial charge in [-0.1, -0.05) is 30.8 Å². The minimum absolute atomic E-state index is 0.209. The van der Waals surface area contributed by atoms with E-state index in [-0.39, 0.29) is 5.75 Å². The summed E-state index contributed by atoms with van der Waals surface area (Å²) in [5.74, 6) is 0.209. The fraction of sp³-hybridized carbons (Fsp3) is 0. The van der Waals surface area contributed by atoms with Crippen LogP contribution in [0.1, 0.15) is 5.69 Å². The van der Waals surface area contributed by atoms with Crippen molar-refractivity contribution in [3.63, 3.8) is 0 Å². The van der Waals surface area contributed by atoms with Gasteiger partial charge in [-0.3, -0.25) is 4.98 Å². The molecule has 0 radical (unpaired) electrons. The van der Waals surface area contributed by atoms with Crippen LogP contribution in [-0.2, 0) is 0 Å². The predicted molar refractivity (Wildman–Crippen MR) is 53.5 cm³/mol. The molecule has 0 aliphatic rings. The lowest BCUT2D eigenvalue weighted by atomic mass is 10.1. The zero-order valence-electron chi connectivity index (χ0n) is 7.07. The van der Waals surface area contributed by atoms with E-state index in [1.165, 1.54) is 6.20 Å². The molecule has 1 N–H and O–H groups in total. The molecule has 64 valence electrons. The number of nitrogens with zero attached hydrogens (tertiary/aromatic N) is 1. The van der Waals surface area contributed by atoms with E-state index in [1.54, 1.807) is 6.08 Å². The van der Waals surface area contributed by atoms with Gasteiger partial charge < -0.3 is 5.11 Å². The van der Waals surface area contributed by atoms with E-state index in [2.05, 4.69) is 11.6 Å². The van der Waals surface area contributed by atoms with Gasteiger partial charge in [0.25, 0.3) is 0 Å². The number of rotatable bonds is 1. The minimum Gasteiger partial charge on any atom is -0.506 e. The molecule has 0 fully saturated rings. The number of aromatic nitrogens is 1. The van der Waals surface area contributed by atoms with Crippen molar-refractivity contribution in [2.24, 2.45) is 0 Å². The molecule has 13 heavy (non-hydrogen) atoms. The molecule has 1 aromatic heterocycles. The molecule has 2 heteroatoms. The lowest BCUT2D eigenvalue weighted by Crippen LogP contribution is -1.83. The Bertz CT molecular complexity index is 463. The van der Waals surface area contributed by atoms with Gasteiger partial charge in [0, 0.05) is 10.8 Å². The number of aromatic hydroxyl groups is 1. The first-order valence-electron chi connectivity index (χ1n) is 4.02. The van der Waals surface area contributed by atoms with Crippen LogP contribution >= 0.6 is 0 Å². The highest BCUT2D eigenvalue weighted by molar-refractivity contribution is 5.92. The Kier molecular flexibility index (Phi) is 1.74. The molecule has 1 heterocycles. The molecule has 0 aliphatic carbocycles. The normalized spacial score (nSPS) is 10.2. The van der Waals surface area contributed by atoms with Gasteiger partial charge >= 0.3 is 0 Å². The van der Waals surface area contributed by atoms with E-state index >= 15 is 0 Å². The van der Waals surface area contributed by atoms with E-state index in [4.69, 9.17) is 0 Å². The van der Waals surface area contributed by atoms with Gasteiger partial charge in [-0.25, -0.2) is 0 Å². The smallest absolute Gasteiger partial charge is 0.141 e. The Balaban J connectivity index is 2.92. The van der Waals surface area contributed by atoms with E-state index in [0.29, 0.717) is 0 Å². The maximum absolute atomic E-state index is 9.49. The Morgan fingerprint density at radius 2 is 1.92 bits per heavy atom. The van der Waals surface area contributed by atoms with E-state index in [1.807, 2.05) is 24.3 Å². The zero-order valence-corrected chi connectivity index (χ0v) is 7.07. The summed E-state index contributed by atoms with van der Waals surface area (Å²) in [5, 5.41) is 11.2. The number of fused-ring (bicyclic) bond motifs is 1. The molecule has 2 rings (SSSR count). The van der Waals surface area contributed by atoms with E-state index < -0.39 is 0 Å². The zero-order chi connectivity index (χ0) is 9.26. The topological polar surface area (TPSA) is 33.1 Å². The molecule has 0 unspecified atom stereocenters. The second-order valence-electron chi connectivity index (χ2n) is 2.78. The summed E-state index contributed by atoms with van der Waals surface area (Å²) in [7, 11) is 0. The largest absolute Gasteiger partial charge is 0.506 e. The third-order valence-electron chi connectivity index (χ3n) is 2.00. The van der Waals surface area contributed by atoms with Crippen LogP contribution in [0.15, 0.2) is 37.0 Å². The van der Waals surface area contributed by atoms with Gasteiger partial charge in [0.1, 0.15) is 5.75 Å². The molecule has 0 spiro atoms. The highest BCUT2D eigenvalue weighted by atomic mass is 16.3. The van der Waals surface area contributed by atoms with Gasteiger partial charge in [-0.2, -0.15) is 0 Å². The SMILES string of the molecule is C=Cc1ncc(O)c2ccccc12. The molecule has 1 aromatic carbocycles. The van der Waals surface area contributed by atoms with Crippen molar-refractivity contribution in [2.75, 3.05) is 0 Å². The lowest BCUT2D eigenvalue weighted by molar-refractivity contribution is 0.479. The van der Waals surface area contributed by atoms with Crippen LogP contribution in [0.2, 0.25) is 0 Å². The van der Waals surface area contributed by atoms with Gasteiger partial charge in [0.2, 0.25) is 0 Å². The van der Waals surface area contributed by atoms with Crippen molar-refractivity contribution in [1.29, 1.82) is 0 Å². The van der Waals surface area contributed by atoms with Crippen molar-refractivity contribution in [3.8, 4) is 5.75 Å². The van der Waals surface area contributed by atoms with Crippen molar-refractivity contribution >= 4 is 16.8 Å². The van der Waals surface area contributed by atoms with Crippen LogP contribution in [0.5, 0.6) is 5.75 Å². The standard InChI is InChI=1S/C11H9NO/c1-2-10-8-5-3-4-6-9(8)11(13)7-12-10/h2-7,13H,1H2. The van der Waals surface area contributed by atoms with Crippen LogP contribution in [-0.4, -0.2) is 10.1 Å². The maximum Gasteiger partial charge on any atom is 0.141 e. The van der Waals surface area contributed by atoms with Crippen molar-refractivity contribution < 1.29 is 5.11 Å². The molecule has 2 aromatic rings. The summed E-state index contributed by atoms with van der Waals surface area (Å²) in [6.07, 6.45) is 3.13. The minimum atomic E-state index is 0.209. The quantitative estimate of drug-likeness (QED) is 0.715. The molecule has 2 nitrogen and oxygen atoms in total. The first kappa shape index (κ1) is 7.80. The van der Waals surface area contributed by atoms with Gasteiger partial charge in [0.15, 0.2) is 0 Å². The summed E-state index contributed by atoms with van der Waals surface area (Å²) < 4.78 is 0. The van der Waals surface area contributed by atoms with Crippen molar-refractivity contribution in [3.05, 3.63) is 42.7 Å². The first-order chi connectivity index (χ1) is 6.33. The maximum atomic E-state index is 9.49. The molecule has 0 saturated heterocycles. The summed E-state index contributed by atoms with van der Waals surface area (Å²) >= 11 is 0. The lowest BCUT2D eigenvalue weighted by Gasteiger charge is -2.02. The number of pyridine rings is 1. The van der Waals surface area contributed by atoms with Crippen LogP contribution in [0.4, 0.5) is 0 Å². The molecular formula is C11H9NO. The monoisotopic (exact) mass is 171 g/mol. The number of hydrogen-bond donors (Lipinski definition) is 1. The molecule has 0 amide bonds. The van der Waals surface area contributed by atoms with E-state index in [9.17, 15) is 5.11 Å². The summed E-state index contributed by atoms with van der Waals surface area (Å²) in [6.45, 7) is 3.67. The Morgan fingerprint density at radius 1 is 1.23 bits per heavy atom. The predicted octanol–water partition coefficient (Wildman–Crippen LogP) is 2.58. The van der Waals surface area contributed by atoms with Crippen molar-refractivity contribution in [2.45, 2.75) is 0 Å². The Labute approximate surface area is 76.2 Å². The summed E-state index contributed by atoms with van der Waals surface area (Å²) in [5.41, 5.74) is 0.799. The Morgan fingerprint density at radius 3 is 2.62 bits per heavy atom. The number of hydrogen-bond acceptors (Lipinski definition) is 2. The summed E-state index contributed by atoms with van der Waals surface area (Å²) in [6, 6.07) is 7.57. The fourth-order valence-electron chi connectivity index (χ4n) is 1.36. The average molecular weight is 171 g/mol. The average Bonchev–Trinajstić information content (AvgIpc) is 2.19. The second kappa shape index (κ2) is 2.90. The summed E-state index contributed by atoms with van der Waals surface area (Å²) in [4.78, 5) is 4.06. The van der Waals surface area contributed by atoms with Crippen LogP contribution in [0, 0.1) is 0 Å². The molecule has 0 atom stereocenters. The third-order valence-corrected chi connectivity index (χ3v) is 2.00. The van der Waals surface area contributed by atoms with Gasteiger partial charge in [-0.05, 0) is 6.08 Å². The Hall–Kier alpha value is -1.83. The fourth-order valence-corrected chi connectivity index (χ4v) is 1.36. The van der Waals surface area contributed by atoms with Crippen LogP contribution in [0.3, 0.4) is 0 Å². The van der Waals surface area contributed by atoms with Gasteiger partial charge in [-0.15, -0.1) is 0 Å². The second-order valence-corrected chi connectivity index (χ2v) is 2.78. The molecule has 0 aliphatic heterocycles. The molecule has 0 saturated carbocycles. The van der Waals surface area contributed by atoms with Gasteiger partial charge in [0.05, 0.1) is 11.9 Å². The number of benzene rings is 1.